The van der Waals surface area contributed by atoms with Crippen LogP contribution in [0, 0.1) is 0 Å². The van der Waals surface area contributed by atoms with Crippen molar-refractivity contribution in [3.05, 3.63) is 64.9 Å². The van der Waals surface area contributed by atoms with Crippen molar-refractivity contribution in [1.29, 1.82) is 0 Å². The predicted octanol–water partition coefficient (Wildman–Crippen LogP) is 3.60. The molecule has 2 heterocycles. The van der Waals surface area contributed by atoms with E-state index in [1.807, 2.05) is 36.4 Å². The molecule has 0 bridgehead atoms. The van der Waals surface area contributed by atoms with E-state index in [2.05, 4.69) is 6.92 Å². The average Bonchev–Trinajstić information content (AvgIpc) is 3.14. The van der Waals surface area contributed by atoms with Gasteiger partial charge in [0.2, 0.25) is 5.91 Å². The molecule has 0 saturated carbocycles. The number of methoxy groups -OCH3 is 2. The Morgan fingerprint density at radius 3 is 2.48 bits per heavy atom. The number of esters is 1. The van der Waals surface area contributed by atoms with E-state index in [0.29, 0.717) is 22.8 Å². The van der Waals surface area contributed by atoms with Crippen molar-refractivity contribution in [1.82, 2.24) is 0 Å². The van der Waals surface area contributed by atoms with Crippen LogP contribution in [0.25, 0.3) is 0 Å². The molecule has 2 aliphatic heterocycles. The molecule has 1 amide bonds. The second kappa shape index (κ2) is 7.62. The summed E-state index contributed by atoms with van der Waals surface area (Å²) in [5.74, 6) is 0.172. The molecule has 6 heteroatoms. The zero-order valence-electron chi connectivity index (χ0n) is 16.7. The van der Waals surface area contributed by atoms with Gasteiger partial charge in [-0.05, 0) is 30.2 Å². The van der Waals surface area contributed by atoms with E-state index in [1.54, 1.807) is 25.2 Å². The summed E-state index contributed by atoms with van der Waals surface area (Å²) < 4.78 is 16.3. The Hall–Kier alpha value is -3.28. The van der Waals surface area contributed by atoms with Crippen LogP contribution in [0.5, 0.6) is 11.5 Å². The zero-order valence-corrected chi connectivity index (χ0v) is 16.7. The maximum Gasteiger partial charge on any atom is 0.336 e. The fraction of sp³-hybridized carbons (Fsp3) is 0.304. The van der Waals surface area contributed by atoms with Gasteiger partial charge < -0.3 is 14.2 Å². The SMILES string of the molecule is CCc1ccc(N2C(=O)CC(c3cccc(OC)c3OC)C3=C2COC3=O)cc1. The molecule has 4 rings (SSSR count). The predicted molar refractivity (Wildman–Crippen MR) is 108 cm³/mol. The van der Waals surface area contributed by atoms with E-state index in [-0.39, 0.29) is 18.9 Å². The highest BCUT2D eigenvalue weighted by Crippen LogP contribution is 2.46. The van der Waals surface area contributed by atoms with Crippen molar-refractivity contribution in [2.24, 2.45) is 0 Å². The highest BCUT2D eigenvalue weighted by atomic mass is 16.5. The van der Waals surface area contributed by atoms with E-state index in [1.165, 1.54) is 5.56 Å². The van der Waals surface area contributed by atoms with Gasteiger partial charge in [0.05, 0.1) is 25.5 Å². The normalized spacial score (nSPS) is 18.6. The van der Waals surface area contributed by atoms with Gasteiger partial charge in [-0.15, -0.1) is 0 Å². The summed E-state index contributed by atoms with van der Waals surface area (Å²) in [4.78, 5) is 27.4. The van der Waals surface area contributed by atoms with Crippen LogP contribution in [0.2, 0.25) is 0 Å². The van der Waals surface area contributed by atoms with Gasteiger partial charge in [0.1, 0.15) is 6.61 Å². The van der Waals surface area contributed by atoms with Crippen molar-refractivity contribution in [3.63, 3.8) is 0 Å². The van der Waals surface area contributed by atoms with E-state index in [0.717, 1.165) is 17.7 Å². The lowest BCUT2D eigenvalue weighted by Crippen LogP contribution is -2.37. The van der Waals surface area contributed by atoms with Crippen LogP contribution in [0.3, 0.4) is 0 Å². The lowest BCUT2D eigenvalue weighted by Gasteiger charge is -2.32. The molecule has 0 N–H and O–H groups in total. The number of ether oxygens (including phenoxy) is 3. The molecule has 2 aromatic carbocycles. The second-order valence-corrected chi connectivity index (χ2v) is 7.03. The Morgan fingerprint density at radius 2 is 1.83 bits per heavy atom. The first kappa shape index (κ1) is 19.1. The van der Waals surface area contributed by atoms with Crippen LogP contribution in [0.15, 0.2) is 53.7 Å². The summed E-state index contributed by atoms with van der Waals surface area (Å²) in [6, 6.07) is 13.3. The Kier molecular flexibility index (Phi) is 5.01. The molecule has 1 atom stereocenters. The zero-order chi connectivity index (χ0) is 20.5. The third-order valence-corrected chi connectivity index (χ3v) is 5.53. The third kappa shape index (κ3) is 3.14. The molecule has 0 saturated heterocycles. The first-order valence-electron chi connectivity index (χ1n) is 9.62. The van der Waals surface area contributed by atoms with Gasteiger partial charge in [-0.3, -0.25) is 9.69 Å². The summed E-state index contributed by atoms with van der Waals surface area (Å²) in [5, 5.41) is 0. The summed E-state index contributed by atoms with van der Waals surface area (Å²) in [6.07, 6.45) is 1.06. The Morgan fingerprint density at radius 1 is 1.07 bits per heavy atom. The fourth-order valence-corrected chi connectivity index (χ4v) is 4.09. The lowest BCUT2D eigenvalue weighted by atomic mass is 9.83. The molecule has 0 spiro atoms. The first-order valence-corrected chi connectivity index (χ1v) is 9.62. The molecule has 2 aliphatic rings. The van der Waals surface area contributed by atoms with Crippen LogP contribution in [-0.2, 0) is 20.7 Å². The molecule has 29 heavy (non-hydrogen) atoms. The topological polar surface area (TPSA) is 65.1 Å². The average molecular weight is 393 g/mol. The van der Waals surface area contributed by atoms with Crippen molar-refractivity contribution in [2.45, 2.75) is 25.7 Å². The van der Waals surface area contributed by atoms with E-state index < -0.39 is 11.9 Å². The smallest absolute Gasteiger partial charge is 0.336 e. The van der Waals surface area contributed by atoms with Crippen LogP contribution >= 0.6 is 0 Å². The van der Waals surface area contributed by atoms with Gasteiger partial charge in [-0.1, -0.05) is 31.2 Å². The number of anilines is 1. The maximum absolute atomic E-state index is 13.2. The van der Waals surface area contributed by atoms with Gasteiger partial charge in [0, 0.05) is 23.6 Å². The Labute approximate surface area is 169 Å². The van der Waals surface area contributed by atoms with Crippen LogP contribution < -0.4 is 14.4 Å². The van der Waals surface area contributed by atoms with Crippen LogP contribution in [0.4, 0.5) is 5.69 Å². The largest absolute Gasteiger partial charge is 0.493 e. The highest BCUT2D eigenvalue weighted by molar-refractivity contribution is 6.06. The number of amides is 1. The summed E-state index contributed by atoms with van der Waals surface area (Å²) >= 11 is 0. The third-order valence-electron chi connectivity index (χ3n) is 5.53. The van der Waals surface area contributed by atoms with Crippen molar-refractivity contribution in [3.8, 4) is 11.5 Å². The first-order chi connectivity index (χ1) is 14.1. The Balaban J connectivity index is 1.83. The minimum atomic E-state index is -0.441. The number of hydrogen-bond acceptors (Lipinski definition) is 5. The molecule has 0 aliphatic carbocycles. The molecule has 6 nitrogen and oxygen atoms in total. The van der Waals surface area contributed by atoms with Gasteiger partial charge in [-0.2, -0.15) is 0 Å². The van der Waals surface area contributed by atoms with Crippen LogP contribution in [-0.4, -0.2) is 32.7 Å². The lowest BCUT2D eigenvalue weighted by molar-refractivity contribution is -0.136. The molecule has 0 aromatic heterocycles. The maximum atomic E-state index is 13.2. The number of benzene rings is 2. The molecule has 2 aromatic rings. The summed E-state index contributed by atoms with van der Waals surface area (Å²) in [7, 11) is 3.11. The standard InChI is InChI=1S/C23H23NO5/c1-4-14-8-10-15(11-9-14)24-18-13-29-23(26)21(18)17(12-20(24)25)16-6-5-7-19(27-2)22(16)28-3/h5-11,17H,4,12-13H2,1-3H3. The number of carbonyl (C=O) groups excluding carboxylic acids is 2. The number of para-hydroxylation sites is 1. The number of aryl methyl sites for hydroxylation is 1. The van der Waals surface area contributed by atoms with Gasteiger partial charge in [0.25, 0.3) is 0 Å². The summed E-state index contributed by atoms with van der Waals surface area (Å²) in [5.41, 5.74) is 3.79. The quantitative estimate of drug-likeness (QED) is 0.727. The molecule has 0 fully saturated rings. The van der Waals surface area contributed by atoms with Gasteiger partial charge >= 0.3 is 5.97 Å². The van der Waals surface area contributed by atoms with Gasteiger partial charge in [0.15, 0.2) is 11.5 Å². The summed E-state index contributed by atoms with van der Waals surface area (Å²) in [6.45, 7) is 2.16. The van der Waals surface area contributed by atoms with E-state index in [9.17, 15) is 9.59 Å². The van der Waals surface area contributed by atoms with E-state index >= 15 is 0 Å². The molecule has 0 radical (unpaired) electrons. The number of cyclic esters (lactones) is 1. The van der Waals surface area contributed by atoms with Crippen molar-refractivity contribution >= 4 is 17.6 Å². The molecular weight excluding hydrogens is 370 g/mol. The van der Waals surface area contributed by atoms with E-state index in [4.69, 9.17) is 14.2 Å². The minimum absolute atomic E-state index is 0.0816. The number of hydrogen-bond donors (Lipinski definition) is 0. The minimum Gasteiger partial charge on any atom is -0.493 e. The monoisotopic (exact) mass is 393 g/mol. The second-order valence-electron chi connectivity index (χ2n) is 7.03. The number of nitrogens with zero attached hydrogens (tertiary/aromatic N) is 1. The molecular formula is C23H23NO5. The number of carbonyl (C=O) groups is 2. The molecule has 1 unspecified atom stereocenters. The van der Waals surface area contributed by atoms with Crippen molar-refractivity contribution in [2.75, 3.05) is 25.7 Å². The fourth-order valence-electron chi connectivity index (χ4n) is 4.09. The number of rotatable bonds is 5. The molecule has 150 valence electrons. The Bertz CT molecular complexity index is 993. The van der Waals surface area contributed by atoms with Crippen molar-refractivity contribution < 1.29 is 23.8 Å². The van der Waals surface area contributed by atoms with Gasteiger partial charge in [-0.25, -0.2) is 4.79 Å². The highest BCUT2D eigenvalue weighted by Gasteiger charge is 2.44. The van der Waals surface area contributed by atoms with Crippen LogP contribution in [0.1, 0.15) is 30.4 Å².